The van der Waals surface area contributed by atoms with Gasteiger partial charge in [0.1, 0.15) is 0 Å². The molecule has 0 aliphatic heterocycles. The lowest BCUT2D eigenvalue weighted by Gasteiger charge is -2.15. The third-order valence-electron chi connectivity index (χ3n) is 4.35. The highest BCUT2D eigenvalue weighted by molar-refractivity contribution is 5.35. The zero-order chi connectivity index (χ0) is 13.9. The van der Waals surface area contributed by atoms with Gasteiger partial charge in [0.15, 0.2) is 0 Å². The van der Waals surface area contributed by atoms with Crippen LogP contribution in [0.25, 0.3) is 0 Å². The van der Waals surface area contributed by atoms with Crippen LogP contribution in [0.1, 0.15) is 47.2 Å². The molecule has 1 aliphatic rings. The van der Waals surface area contributed by atoms with Gasteiger partial charge in [-0.15, -0.1) is 0 Å². The zero-order valence-electron chi connectivity index (χ0n) is 12.4. The van der Waals surface area contributed by atoms with Crippen LogP contribution in [0.4, 0.5) is 0 Å². The van der Waals surface area contributed by atoms with Crippen LogP contribution in [-0.2, 0) is 19.4 Å². The summed E-state index contributed by atoms with van der Waals surface area (Å²) in [4.78, 5) is 0. The summed E-state index contributed by atoms with van der Waals surface area (Å²) in [6.45, 7) is 5.31. The second-order valence-electron chi connectivity index (χ2n) is 5.97. The Kier molecular flexibility index (Phi) is 3.88. The summed E-state index contributed by atoms with van der Waals surface area (Å²) in [6.07, 6.45) is 3.85. The number of benzene rings is 2. The van der Waals surface area contributed by atoms with Crippen molar-refractivity contribution in [1.82, 2.24) is 5.32 Å². The van der Waals surface area contributed by atoms with Crippen molar-refractivity contribution in [3.8, 4) is 0 Å². The number of rotatable bonds is 4. The second kappa shape index (κ2) is 5.80. The van der Waals surface area contributed by atoms with Crippen molar-refractivity contribution in [1.29, 1.82) is 0 Å². The van der Waals surface area contributed by atoms with Gasteiger partial charge in [-0.25, -0.2) is 0 Å². The molecule has 2 aromatic rings. The summed E-state index contributed by atoms with van der Waals surface area (Å²) >= 11 is 0. The first kappa shape index (κ1) is 13.4. The van der Waals surface area contributed by atoms with Gasteiger partial charge in [0.05, 0.1) is 0 Å². The van der Waals surface area contributed by atoms with E-state index >= 15 is 0 Å². The Bertz CT molecular complexity index is 583. The average Bonchev–Trinajstić information content (AvgIpc) is 2.93. The number of fused-ring (bicyclic) bond motifs is 1. The van der Waals surface area contributed by atoms with Crippen LogP contribution in [0.15, 0.2) is 42.5 Å². The highest BCUT2D eigenvalue weighted by atomic mass is 14.9. The maximum Gasteiger partial charge on any atom is 0.0294 e. The van der Waals surface area contributed by atoms with Gasteiger partial charge in [0.25, 0.3) is 0 Å². The molecule has 0 spiro atoms. The molecule has 20 heavy (non-hydrogen) atoms. The molecule has 0 unspecified atom stereocenters. The van der Waals surface area contributed by atoms with E-state index in [9.17, 15) is 0 Å². The summed E-state index contributed by atoms with van der Waals surface area (Å²) in [6, 6.07) is 16.2. The molecule has 0 saturated carbocycles. The standard InChI is InChI=1S/C19H23N/c1-14-6-9-17(10-7-14)15(2)20-13-16-8-11-18-4-3-5-19(18)12-16/h6-12,15,20H,3-5,13H2,1-2H3/t15-/m1/s1. The Hall–Kier alpha value is -1.60. The van der Waals surface area contributed by atoms with E-state index in [0.717, 1.165) is 6.54 Å². The summed E-state index contributed by atoms with van der Waals surface area (Å²) in [7, 11) is 0. The van der Waals surface area contributed by atoms with Crippen LogP contribution in [0.3, 0.4) is 0 Å². The molecule has 2 aromatic carbocycles. The Balaban J connectivity index is 1.63. The Labute approximate surface area is 122 Å². The number of hydrogen-bond donors (Lipinski definition) is 1. The molecule has 1 N–H and O–H groups in total. The number of hydrogen-bond acceptors (Lipinski definition) is 1. The van der Waals surface area contributed by atoms with Crippen molar-refractivity contribution in [2.75, 3.05) is 0 Å². The molecular weight excluding hydrogens is 242 g/mol. The van der Waals surface area contributed by atoms with Gasteiger partial charge >= 0.3 is 0 Å². The lowest BCUT2D eigenvalue weighted by Crippen LogP contribution is -2.18. The third kappa shape index (κ3) is 2.94. The molecule has 1 atom stereocenters. The lowest BCUT2D eigenvalue weighted by molar-refractivity contribution is 0.574. The molecular formula is C19H23N. The van der Waals surface area contributed by atoms with Gasteiger partial charge in [-0.3, -0.25) is 0 Å². The first-order chi connectivity index (χ1) is 9.72. The highest BCUT2D eigenvalue weighted by Crippen LogP contribution is 2.23. The van der Waals surface area contributed by atoms with E-state index in [1.165, 1.54) is 36.0 Å². The van der Waals surface area contributed by atoms with Crippen molar-refractivity contribution < 1.29 is 0 Å². The van der Waals surface area contributed by atoms with E-state index in [1.54, 1.807) is 11.1 Å². The topological polar surface area (TPSA) is 12.0 Å². The molecule has 1 aliphatic carbocycles. The molecule has 0 aromatic heterocycles. The van der Waals surface area contributed by atoms with Gasteiger partial charge in [0.2, 0.25) is 0 Å². The Morgan fingerprint density at radius 2 is 1.75 bits per heavy atom. The largest absolute Gasteiger partial charge is 0.306 e. The van der Waals surface area contributed by atoms with Gasteiger partial charge in [-0.1, -0.05) is 48.0 Å². The lowest BCUT2D eigenvalue weighted by atomic mass is 10.0. The van der Waals surface area contributed by atoms with Gasteiger partial charge in [-0.05, 0) is 55.4 Å². The molecule has 104 valence electrons. The first-order valence-electron chi connectivity index (χ1n) is 7.63. The average molecular weight is 265 g/mol. The number of aryl methyl sites for hydroxylation is 3. The van der Waals surface area contributed by atoms with Crippen LogP contribution in [0.5, 0.6) is 0 Å². The van der Waals surface area contributed by atoms with E-state index < -0.39 is 0 Å². The van der Waals surface area contributed by atoms with Crippen molar-refractivity contribution in [3.63, 3.8) is 0 Å². The quantitative estimate of drug-likeness (QED) is 0.867. The summed E-state index contributed by atoms with van der Waals surface area (Å²) in [5, 5.41) is 3.63. The normalized spacial score (nSPS) is 15.1. The van der Waals surface area contributed by atoms with Crippen molar-refractivity contribution in [2.45, 2.75) is 45.7 Å². The van der Waals surface area contributed by atoms with Gasteiger partial charge in [-0.2, -0.15) is 0 Å². The van der Waals surface area contributed by atoms with Crippen LogP contribution in [0, 0.1) is 6.92 Å². The van der Waals surface area contributed by atoms with E-state index in [2.05, 4.69) is 61.6 Å². The Morgan fingerprint density at radius 3 is 2.55 bits per heavy atom. The van der Waals surface area contributed by atoms with Crippen LogP contribution in [-0.4, -0.2) is 0 Å². The molecule has 1 nitrogen and oxygen atoms in total. The Morgan fingerprint density at radius 1 is 1.00 bits per heavy atom. The minimum atomic E-state index is 0.392. The van der Waals surface area contributed by atoms with Crippen LogP contribution >= 0.6 is 0 Å². The van der Waals surface area contributed by atoms with Crippen LogP contribution in [0.2, 0.25) is 0 Å². The number of nitrogens with one attached hydrogen (secondary N) is 1. The van der Waals surface area contributed by atoms with E-state index in [-0.39, 0.29) is 0 Å². The van der Waals surface area contributed by atoms with Crippen molar-refractivity contribution in [3.05, 3.63) is 70.3 Å². The maximum atomic E-state index is 3.63. The molecule has 3 rings (SSSR count). The third-order valence-corrected chi connectivity index (χ3v) is 4.35. The molecule has 0 amide bonds. The maximum absolute atomic E-state index is 3.63. The second-order valence-corrected chi connectivity index (χ2v) is 5.97. The smallest absolute Gasteiger partial charge is 0.0294 e. The fraction of sp³-hybridized carbons (Fsp3) is 0.368. The zero-order valence-corrected chi connectivity index (χ0v) is 12.4. The van der Waals surface area contributed by atoms with Crippen molar-refractivity contribution in [2.24, 2.45) is 0 Å². The minimum Gasteiger partial charge on any atom is -0.306 e. The summed E-state index contributed by atoms with van der Waals surface area (Å²) < 4.78 is 0. The van der Waals surface area contributed by atoms with Gasteiger partial charge < -0.3 is 5.32 Å². The summed E-state index contributed by atoms with van der Waals surface area (Å²) in [5.41, 5.74) is 7.20. The fourth-order valence-corrected chi connectivity index (χ4v) is 2.98. The molecule has 0 fully saturated rings. The minimum absolute atomic E-state index is 0.392. The predicted molar refractivity (Wildman–Crippen MR) is 84.9 cm³/mol. The summed E-state index contributed by atoms with van der Waals surface area (Å²) in [5.74, 6) is 0. The van der Waals surface area contributed by atoms with Crippen LogP contribution < -0.4 is 5.32 Å². The monoisotopic (exact) mass is 265 g/mol. The van der Waals surface area contributed by atoms with Gasteiger partial charge in [0, 0.05) is 12.6 Å². The molecule has 0 bridgehead atoms. The highest BCUT2D eigenvalue weighted by Gasteiger charge is 2.11. The molecule has 1 heteroatoms. The first-order valence-corrected chi connectivity index (χ1v) is 7.63. The van der Waals surface area contributed by atoms with Crippen molar-refractivity contribution >= 4 is 0 Å². The SMILES string of the molecule is Cc1ccc([C@@H](C)NCc2ccc3c(c2)CCC3)cc1. The van der Waals surface area contributed by atoms with E-state index in [0.29, 0.717) is 6.04 Å². The molecule has 0 saturated heterocycles. The predicted octanol–water partition coefficient (Wildman–Crippen LogP) is 4.33. The molecule has 0 heterocycles. The fourth-order valence-electron chi connectivity index (χ4n) is 2.98. The van der Waals surface area contributed by atoms with E-state index in [4.69, 9.17) is 0 Å². The molecule has 0 radical (unpaired) electrons. The van der Waals surface area contributed by atoms with E-state index in [1.807, 2.05) is 0 Å².